The molecule has 0 fully saturated rings. The standard InChI is InChI=1S/C14H21NO2/c1-10-6-7-11(2)12(8-10)15(5)14(3,4)9-13(16)17/h6-8H,9H2,1-5H3,(H,16,17). The second-order valence-electron chi connectivity index (χ2n) is 5.23. The molecule has 0 bridgehead atoms. The van der Waals surface area contributed by atoms with Crippen LogP contribution in [0, 0.1) is 13.8 Å². The number of aliphatic carboxylic acids is 1. The van der Waals surface area contributed by atoms with Gasteiger partial charge in [-0.1, -0.05) is 12.1 Å². The number of carboxylic acids is 1. The van der Waals surface area contributed by atoms with Crippen molar-refractivity contribution in [1.29, 1.82) is 0 Å². The van der Waals surface area contributed by atoms with Crippen molar-refractivity contribution >= 4 is 11.7 Å². The minimum Gasteiger partial charge on any atom is -0.481 e. The van der Waals surface area contributed by atoms with E-state index in [1.54, 1.807) is 0 Å². The van der Waals surface area contributed by atoms with Crippen LogP contribution < -0.4 is 4.90 Å². The van der Waals surface area contributed by atoms with Gasteiger partial charge in [0.05, 0.1) is 6.42 Å². The van der Waals surface area contributed by atoms with Gasteiger partial charge in [0, 0.05) is 18.3 Å². The summed E-state index contributed by atoms with van der Waals surface area (Å²) in [5.41, 5.74) is 3.04. The SMILES string of the molecule is Cc1ccc(C)c(N(C)C(C)(C)CC(=O)O)c1. The number of aryl methyl sites for hydroxylation is 2. The Labute approximate surface area is 103 Å². The molecular formula is C14H21NO2. The zero-order chi connectivity index (χ0) is 13.2. The highest BCUT2D eigenvalue weighted by molar-refractivity contribution is 5.70. The molecule has 1 rings (SSSR count). The second-order valence-corrected chi connectivity index (χ2v) is 5.23. The van der Waals surface area contributed by atoms with E-state index in [2.05, 4.69) is 18.2 Å². The minimum atomic E-state index is -0.771. The maximum absolute atomic E-state index is 10.9. The maximum atomic E-state index is 10.9. The monoisotopic (exact) mass is 235 g/mol. The van der Waals surface area contributed by atoms with Crippen LogP contribution in [0.25, 0.3) is 0 Å². The highest BCUT2D eigenvalue weighted by Gasteiger charge is 2.27. The van der Waals surface area contributed by atoms with E-state index >= 15 is 0 Å². The van der Waals surface area contributed by atoms with Crippen LogP contribution in [-0.4, -0.2) is 23.7 Å². The lowest BCUT2D eigenvalue weighted by molar-refractivity contribution is -0.138. The molecule has 0 saturated carbocycles. The molecule has 1 N–H and O–H groups in total. The first-order valence-corrected chi connectivity index (χ1v) is 5.77. The molecular weight excluding hydrogens is 214 g/mol. The zero-order valence-electron chi connectivity index (χ0n) is 11.2. The van der Waals surface area contributed by atoms with Gasteiger partial charge < -0.3 is 10.0 Å². The van der Waals surface area contributed by atoms with E-state index in [0.717, 1.165) is 11.3 Å². The van der Waals surface area contributed by atoms with Crippen LogP contribution in [0.15, 0.2) is 18.2 Å². The van der Waals surface area contributed by atoms with Gasteiger partial charge in [0.1, 0.15) is 0 Å². The van der Waals surface area contributed by atoms with Crippen LogP contribution in [0.4, 0.5) is 5.69 Å². The predicted molar refractivity (Wildman–Crippen MR) is 70.7 cm³/mol. The molecule has 17 heavy (non-hydrogen) atoms. The fourth-order valence-electron chi connectivity index (χ4n) is 1.90. The first-order valence-electron chi connectivity index (χ1n) is 5.77. The maximum Gasteiger partial charge on any atom is 0.305 e. The number of carbonyl (C=O) groups is 1. The molecule has 3 nitrogen and oxygen atoms in total. The lowest BCUT2D eigenvalue weighted by atomic mass is 9.96. The quantitative estimate of drug-likeness (QED) is 0.872. The molecule has 94 valence electrons. The fraction of sp³-hybridized carbons (Fsp3) is 0.500. The number of nitrogens with zero attached hydrogens (tertiary/aromatic N) is 1. The smallest absolute Gasteiger partial charge is 0.305 e. The lowest BCUT2D eigenvalue weighted by Crippen LogP contribution is -2.43. The summed E-state index contributed by atoms with van der Waals surface area (Å²) in [6.45, 7) is 7.98. The van der Waals surface area contributed by atoms with E-state index < -0.39 is 11.5 Å². The van der Waals surface area contributed by atoms with Gasteiger partial charge in [-0.25, -0.2) is 0 Å². The van der Waals surface area contributed by atoms with E-state index in [-0.39, 0.29) is 6.42 Å². The topological polar surface area (TPSA) is 40.5 Å². The van der Waals surface area contributed by atoms with Crippen LogP contribution in [0.1, 0.15) is 31.4 Å². The lowest BCUT2D eigenvalue weighted by Gasteiger charge is -2.37. The van der Waals surface area contributed by atoms with E-state index in [1.165, 1.54) is 5.56 Å². The third-order valence-electron chi connectivity index (χ3n) is 3.22. The van der Waals surface area contributed by atoms with Crippen LogP contribution in [-0.2, 0) is 4.79 Å². The van der Waals surface area contributed by atoms with Crippen LogP contribution >= 0.6 is 0 Å². The molecule has 0 amide bonds. The molecule has 0 radical (unpaired) electrons. The summed E-state index contributed by atoms with van der Waals surface area (Å²) in [7, 11) is 1.95. The summed E-state index contributed by atoms with van der Waals surface area (Å²) in [6, 6.07) is 6.23. The fourth-order valence-corrected chi connectivity index (χ4v) is 1.90. The van der Waals surface area contributed by atoms with Crippen LogP contribution in [0.5, 0.6) is 0 Å². The van der Waals surface area contributed by atoms with Gasteiger partial charge in [0.25, 0.3) is 0 Å². The van der Waals surface area contributed by atoms with E-state index in [0.29, 0.717) is 0 Å². The van der Waals surface area contributed by atoms with Gasteiger partial charge >= 0.3 is 5.97 Å². The van der Waals surface area contributed by atoms with Gasteiger partial charge in [0.15, 0.2) is 0 Å². The molecule has 1 aromatic carbocycles. The highest BCUT2D eigenvalue weighted by Crippen LogP contribution is 2.28. The molecule has 0 saturated heterocycles. The van der Waals surface area contributed by atoms with Gasteiger partial charge in [-0.05, 0) is 44.9 Å². The van der Waals surface area contributed by atoms with Crippen molar-refractivity contribution in [3.63, 3.8) is 0 Å². The summed E-state index contributed by atoms with van der Waals surface area (Å²) < 4.78 is 0. The second kappa shape index (κ2) is 4.78. The Morgan fingerprint density at radius 2 is 1.94 bits per heavy atom. The summed E-state index contributed by atoms with van der Waals surface area (Å²) in [5, 5.41) is 8.94. The summed E-state index contributed by atoms with van der Waals surface area (Å²) in [5.74, 6) is -0.771. The van der Waals surface area contributed by atoms with Crippen molar-refractivity contribution in [2.45, 2.75) is 39.7 Å². The van der Waals surface area contributed by atoms with Gasteiger partial charge in [-0.2, -0.15) is 0 Å². The normalized spacial score (nSPS) is 11.4. The Hall–Kier alpha value is -1.51. The number of rotatable bonds is 4. The van der Waals surface area contributed by atoms with Crippen molar-refractivity contribution in [2.75, 3.05) is 11.9 Å². The molecule has 0 aliphatic rings. The van der Waals surface area contributed by atoms with Gasteiger partial charge in [-0.3, -0.25) is 4.79 Å². The summed E-state index contributed by atoms with van der Waals surface area (Å²) >= 11 is 0. The number of benzene rings is 1. The molecule has 0 heterocycles. The largest absolute Gasteiger partial charge is 0.481 e. The minimum absolute atomic E-state index is 0.122. The van der Waals surface area contributed by atoms with Crippen molar-refractivity contribution in [2.24, 2.45) is 0 Å². The Balaban J connectivity index is 3.06. The number of anilines is 1. The number of carboxylic acid groups (broad SMARTS) is 1. The number of hydrogen-bond donors (Lipinski definition) is 1. The Kier molecular flexibility index (Phi) is 3.81. The molecule has 0 spiro atoms. The van der Waals surface area contributed by atoms with Gasteiger partial charge in [-0.15, -0.1) is 0 Å². The van der Waals surface area contributed by atoms with E-state index in [1.807, 2.05) is 39.6 Å². The first kappa shape index (κ1) is 13.6. The molecule has 0 aromatic heterocycles. The average Bonchev–Trinajstić information content (AvgIpc) is 2.18. The Morgan fingerprint density at radius 1 is 1.35 bits per heavy atom. The van der Waals surface area contributed by atoms with Crippen molar-refractivity contribution < 1.29 is 9.90 Å². The van der Waals surface area contributed by atoms with Gasteiger partial charge in [0.2, 0.25) is 0 Å². The van der Waals surface area contributed by atoms with Crippen molar-refractivity contribution in [1.82, 2.24) is 0 Å². The van der Waals surface area contributed by atoms with Crippen LogP contribution in [0.2, 0.25) is 0 Å². The molecule has 0 atom stereocenters. The Bertz CT molecular complexity index is 424. The molecule has 0 unspecified atom stereocenters. The first-order chi connectivity index (χ1) is 7.74. The molecule has 3 heteroatoms. The third-order valence-corrected chi connectivity index (χ3v) is 3.22. The average molecular weight is 235 g/mol. The van der Waals surface area contributed by atoms with Crippen molar-refractivity contribution in [3.05, 3.63) is 29.3 Å². The third kappa shape index (κ3) is 3.22. The predicted octanol–water partition coefficient (Wildman–Crippen LogP) is 2.99. The molecule has 0 aliphatic carbocycles. The Morgan fingerprint density at radius 3 is 2.47 bits per heavy atom. The van der Waals surface area contributed by atoms with E-state index in [9.17, 15) is 4.79 Å². The summed E-state index contributed by atoms with van der Waals surface area (Å²) in [6.07, 6.45) is 0.122. The molecule has 1 aromatic rings. The van der Waals surface area contributed by atoms with Crippen molar-refractivity contribution in [3.8, 4) is 0 Å². The highest BCUT2D eigenvalue weighted by atomic mass is 16.4. The zero-order valence-corrected chi connectivity index (χ0v) is 11.2. The number of hydrogen-bond acceptors (Lipinski definition) is 2. The summed E-state index contributed by atoms with van der Waals surface area (Å²) in [4.78, 5) is 12.9. The van der Waals surface area contributed by atoms with Crippen LogP contribution in [0.3, 0.4) is 0 Å². The molecule has 0 aliphatic heterocycles. The van der Waals surface area contributed by atoms with E-state index in [4.69, 9.17) is 5.11 Å².